The first kappa shape index (κ1) is 63.0. The molecule has 19 nitrogen and oxygen atoms in total. The summed E-state index contributed by atoms with van der Waals surface area (Å²) in [5.74, 6) is -1.82. The second-order valence-electron chi connectivity index (χ2n) is 17.0. The van der Waals surface area contributed by atoms with Gasteiger partial charge in [0.1, 0.15) is 30.7 Å². The fourth-order valence-corrected chi connectivity index (χ4v) is 8.93. The highest BCUT2D eigenvalue weighted by Crippen LogP contribution is 2.60. The third-order valence-corrected chi connectivity index (χ3v) is 13.3. The van der Waals surface area contributed by atoms with Crippen LogP contribution in [0.5, 0.6) is 0 Å². The van der Waals surface area contributed by atoms with Crippen molar-refractivity contribution < 1.29 is 71.1 Å². The number of aliphatic hydroxyl groups excluding tert-OH is 2. The number of phosphoric ester groups is 2. The third-order valence-electron chi connectivity index (χ3n) is 10.7. The molecule has 2 heterocycles. The molecule has 2 rings (SSSR count). The van der Waals surface area contributed by atoms with Gasteiger partial charge in [0.05, 0.1) is 13.2 Å². The van der Waals surface area contributed by atoms with Crippen LogP contribution in [0.2, 0.25) is 0 Å². The zero-order valence-corrected chi connectivity index (χ0v) is 43.3. The van der Waals surface area contributed by atoms with Crippen LogP contribution in [0.15, 0.2) is 90.0 Å². The molecule has 0 saturated carbocycles. The number of esters is 2. The van der Waals surface area contributed by atoms with E-state index in [4.69, 9.17) is 29.0 Å². The van der Waals surface area contributed by atoms with Crippen molar-refractivity contribution in [3.63, 3.8) is 0 Å². The number of carbonyl (C=O) groups is 3. The Morgan fingerprint density at radius 3 is 1.92 bits per heavy atom. The number of nitrogens with zero attached hydrogens (tertiary/aromatic N) is 2. The number of ether oxygens (including phenoxy) is 3. The highest BCUT2D eigenvalue weighted by Gasteiger charge is 2.46. The van der Waals surface area contributed by atoms with Crippen LogP contribution < -0.4 is 11.4 Å². The summed E-state index contributed by atoms with van der Waals surface area (Å²) in [5, 5.41) is 20.9. The molecule has 0 radical (unpaired) electrons. The highest BCUT2D eigenvalue weighted by molar-refractivity contribution is 7.61. The number of unbranched alkanes of at least 4 members (excludes halogenated alkanes) is 11. The van der Waals surface area contributed by atoms with Crippen molar-refractivity contribution in [2.75, 3.05) is 25.6 Å². The fraction of sp³-hybridized carbons (Fsp3) is 0.620. The van der Waals surface area contributed by atoms with Gasteiger partial charge in [-0.05, 0) is 82.8 Å². The molecular formula is C50H79N3O16P2. The van der Waals surface area contributed by atoms with Gasteiger partial charge >= 0.3 is 33.3 Å². The molecule has 0 spiro atoms. The van der Waals surface area contributed by atoms with Gasteiger partial charge in [0.15, 0.2) is 18.1 Å². The minimum atomic E-state index is -5.49. The van der Waals surface area contributed by atoms with Gasteiger partial charge in [0, 0.05) is 25.5 Å². The van der Waals surface area contributed by atoms with E-state index in [1.807, 2.05) is 12.2 Å². The lowest BCUT2D eigenvalue weighted by Gasteiger charge is -2.21. The summed E-state index contributed by atoms with van der Waals surface area (Å²) in [6.07, 6.45) is 34.2. The van der Waals surface area contributed by atoms with Crippen LogP contribution in [-0.2, 0) is 51.1 Å². The summed E-state index contributed by atoms with van der Waals surface area (Å²) in [5.41, 5.74) is 4.56. The Hall–Kier alpha value is -4.13. The van der Waals surface area contributed by atoms with Gasteiger partial charge in [0.2, 0.25) is 0 Å². The molecule has 1 aliphatic rings. The maximum Gasteiger partial charge on any atom is 0.481 e. The molecule has 400 valence electrons. The number of nitrogens with two attached hydrogens (primary N) is 1. The van der Waals surface area contributed by atoms with Gasteiger partial charge in [-0.1, -0.05) is 126 Å². The number of anilines is 1. The van der Waals surface area contributed by atoms with Gasteiger partial charge in [-0.15, -0.1) is 0 Å². The Balaban J connectivity index is 1.88. The molecule has 6 N–H and O–H groups in total. The number of rotatable bonds is 40. The Morgan fingerprint density at radius 2 is 1.28 bits per heavy atom. The van der Waals surface area contributed by atoms with E-state index in [0.29, 0.717) is 12.8 Å². The normalized spacial score (nSPS) is 19.7. The lowest BCUT2D eigenvalue weighted by Crippen LogP contribution is -2.36. The third kappa shape index (κ3) is 30.5. The molecule has 21 heteroatoms. The summed E-state index contributed by atoms with van der Waals surface area (Å²) >= 11 is 0. The molecule has 0 aliphatic carbocycles. The quantitative estimate of drug-likeness (QED) is 0.0102. The number of aliphatic hydroxyl groups is 2. The Labute approximate surface area is 419 Å². The maximum atomic E-state index is 12.8. The number of phosphoric acid groups is 2. The van der Waals surface area contributed by atoms with Crippen molar-refractivity contribution in [1.82, 2.24) is 9.55 Å². The minimum Gasteiger partial charge on any atom is -0.462 e. The zero-order valence-electron chi connectivity index (χ0n) is 41.5. The van der Waals surface area contributed by atoms with Crippen molar-refractivity contribution >= 4 is 39.2 Å². The molecule has 71 heavy (non-hydrogen) atoms. The molecular weight excluding hydrogens is 961 g/mol. The standard InChI is InChI=1S/C50H79N3O16P2/c1-3-5-7-9-11-13-15-17-18-20-22-24-26-28-30-34-45(55)64-38-42(67-46(56)35-31-33-41(54)32-29-27-25-23-21-19-16-14-12-10-8-6-4-2)39-65-70(60,61)69-71(62,63)66-40-43-47(57)48(58)49(68-43)53-37-36-44(51)52-50(53)59/h11-14,17-19,21,25,27,29,32,36-37,42-43,47-49,57-58H,3-10,15-16,20,22-24,26,28,30-31,33-35,38-40H2,1-2H3,(H,60,61)(H,62,63)(H2,51,52,59)/b13-11-,14-12-,18-17-,21-19-,27-25-,32-29+/t42-,43-,47-,48-,49-/m1/s1. The van der Waals surface area contributed by atoms with E-state index in [-0.39, 0.29) is 37.3 Å². The van der Waals surface area contributed by atoms with Crippen LogP contribution in [0.25, 0.3) is 0 Å². The number of aromatic nitrogens is 2. The maximum absolute atomic E-state index is 12.8. The lowest BCUT2D eigenvalue weighted by atomic mass is 10.1. The predicted octanol–water partition coefficient (Wildman–Crippen LogP) is 9.29. The number of hydrogen-bond donors (Lipinski definition) is 5. The van der Waals surface area contributed by atoms with Gasteiger partial charge in [-0.25, -0.2) is 13.9 Å². The number of hydrogen-bond acceptors (Lipinski definition) is 16. The smallest absolute Gasteiger partial charge is 0.462 e. The second-order valence-corrected chi connectivity index (χ2v) is 20.0. The molecule has 2 unspecified atom stereocenters. The van der Waals surface area contributed by atoms with Crippen LogP contribution in [0, 0.1) is 0 Å². The number of allylic oxidation sites excluding steroid dienone is 12. The number of nitrogen functional groups attached to an aromatic ring is 1. The molecule has 0 bridgehead atoms. The molecule has 1 saturated heterocycles. The average Bonchev–Trinajstić information content (AvgIpc) is 3.60. The summed E-state index contributed by atoms with van der Waals surface area (Å²) < 4.78 is 56.5. The van der Waals surface area contributed by atoms with E-state index >= 15 is 0 Å². The first-order valence-electron chi connectivity index (χ1n) is 24.9. The van der Waals surface area contributed by atoms with E-state index in [1.165, 1.54) is 50.7 Å². The summed E-state index contributed by atoms with van der Waals surface area (Å²) in [6.45, 7) is 1.84. The minimum absolute atomic E-state index is 0.0127. The van der Waals surface area contributed by atoms with Crippen molar-refractivity contribution in [1.29, 1.82) is 0 Å². The molecule has 1 aromatic rings. The predicted molar refractivity (Wildman–Crippen MR) is 270 cm³/mol. The van der Waals surface area contributed by atoms with Gasteiger partial charge in [-0.2, -0.15) is 9.29 Å². The lowest BCUT2D eigenvalue weighted by molar-refractivity contribution is -0.161. The fourth-order valence-electron chi connectivity index (χ4n) is 6.82. The van der Waals surface area contributed by atoms with Crippen molar-refractivity contribution in [3.8, 4) is 0 Å². The number of ketones is 1. The Bertz CT molecular complexity index is 2040. The first-order valence-corrected chi connectivity index (χ1v) is 27.9. The molecule has 1 aliphatic heterocycles. The largest absolute Gasteiger partial charge is 0.481 e. The van der Waals surface area contributed by atoms with Crippen molar-refractivity contribution in [2.24, 2.45) is 0 Å². The van der Waals surface area contributed by atoms with E-state index in [9.17, 15) is 48.3 Å². The Kier molecular flexibility index (Phi) is 33.3. The topological polar surface area (TPSA) is 283 Å². The molecule has 0 amide bonds. The van der Waals surface area contributed by atoms with Crippen LogP contribution in [-0.4, -0.2) is 91.5 Å². The molecule has 0 aromatic carbocycles. The van der Waals surface area contributed by atoms with Crippen LogP contribution in [0.3, 0.4) is 0 Å². The SMILES string of the molecule is CCCCC/C=C\C/C=C\C/C=C\C=C\C(=O)CCCC(=O)O[C@H](COC(=O)CCCCCCC/C=C\C/C=C\CCCCC)COP(=O)(O)OP(=O)(O)OC[C@H]1O[C@@H](n2ccc(N)nc2=O)[C@H](O)[C@@H]1O. The van der Waals surface area contributed by atoms with Gasteiger partial charge in [-0.3, -0.25) is 28.0 Å². The van der Waals surface area contributed by atoms with E-state index in [2.05, 4.69) is 65.7 Å². The van der Waals surface area contributed by atoms with Crippen molar-refractivity contribution in [3.05, 3.63) is 95.7 Å². The van der Waals surface area contributed by atoms with Gasteiger partial charge < -0.3 is 39.9 Å². The van der Waals surface area contributed by atoms with E-state index in [1.54, 1.807) is 12.2 Å². The second kappa shape index (κ2) is 37.6. The number of carbonyl (C=O) groups excluding carboxylic acids is 3. The van der Waals surface area contributed by atoms with Crippen molar-refractivity contribution in [2.45, 2.75) is 179 Å². The van der Waals surface area contributed by atoms with E-state index < -0.39 is 83.7 Å². The average molecular weight is 1040 g/mol. The molecule has 1 aromatic heterocycles. The van der Waals surface area contributed by atoms with Crippen LogP contribution in [0.4, 0.5) is 5.82 Å². The molecule has 7 atom stereocenters. The Morgan fingerprint density at radius 1 is 0.718 bits per heavy atom. The summed E-state index contributed by atoms with van der Waals surface area (Å²) in [7, 11) is -11.0. The van der Waals surface area contributed by atoms with Crippen LogP contribution in [0.1, 0.15) is 155 Å². The highest BCUT2D eigenvalue weighted by atomic mass is 31.3. The zero-order chi connectivity index (χ0) is 52.2. The monoisotopic (exact) mass is 1040 g/mol. The summed E-state index contributed by atoms with van der Waals surface area (Å²) in [4.78, 5) is 74.2. The first-order chi connectivity index (χ1) is 34.1. The van der Waals surface area contributed by atoms with Gasteiger partial charge in [0.25, 0.3) is 0 Å². The molecule has 1 fully saturated rings. The van der Waals surface area contributed by atoms with Crippen LogP contribution >= 0.6 is 15.6 Å². The summed E-state index contributed by atoms with van der Waals surface area (Å²) in [6, 6.07) is 1.23. The van der Waals surface area contributed by atoms with E-state index in [0.717, 1.165) is 68.6 Å².